The fraction of sp³-hybridized carbons (Fsp3) is 0.333. The second-order valence-corrected chi connectivity index (χ2v) is 6.21. The van der Waals surface area contributed by atoms with Gasteiger partial charge in [-0.05, 0) is 11.1 Å². The number of nitriles is 1. The lowest BCUT2D eigenvalue weighted by molar-refractivity contribution is -0.141. The van der Waals surface area contributed by atoms with E-state index in [0.717, 1.165) is 15.4 Å². The number of aliphatic carboxylic acids is 1. The van der Waals surface area contributed by atoms with Gasteiger partial charge in [-0.2, -0.15) is 9.57 Å². The van der Waals surface area contributed by atoms with Crippen LogP contribution in [0.5, 0.6) is 0 Å². The van der Waals surface area contributed by atoms with Crippen molar-refractivity contribution in [1.82, 2.24) is 4.31 Å². The number of carboxylic acid groups (broad SMARTS) is 1. The van der Waals surface area contributed by atoms with Crippen LogP contribution in [0.3, 0.4) is 0 Å². The Bertz CT molecular complexity index is 648. The molecule has 0 saturated carbocycles. The molecule has 1 aliphatic rings. The van der Waals surface area contributed by atoms with E-state index in [2.05, 4.69) is 0 Å². The van der Waals surface area contributed by atoms with Gasteiger partial charge in [0.1, 0.15) is 6.04 Å². The van der Waals surface area contributed by atoms with Gasteiger partial charge in [0, 0.05) is 13.0 Å². The minimum Gasteiger partial charge on any atom is -0.480 e. The van der Waals surface area contributed by atoms with Crippen LogP contribution in [-0.4, -0.2) is 35.6 Å². The maximum atomic E-state index is 12.0. The molecule has 0 fully saturated rings. The van der Waals surface area contributed by atoms with Crippen molar-refractivity contribution < 1.29 is 18.3 Å². The number of benzene rings is 1. The Morgan fingerprint density at radius 3 is 2.63 bits per heavy atom. The lowest BCUT2D eigenvalue weighted by Gasteiger charge is -2.32. The second-order valence-electron chi connectivity index (χ2n) is 4.29. The largest absolute Gasteiger partial charge is 0.480 e. The summed E-state index contributed by atoms with van der Waals surface area (Å²) in [5.74, 6) is -1.91. The van der Waals surface area contributed by atoms with Crippen molar-refractivity contribution in [1.29, 1.82) is 5.26 Å². The summed E-state index contributed by atoms with van der Waals surface area (Å²) in [5.41, 5.74) is 1.61. The van der Waals surface area contributed by atoms with Crippen LogP contribution in [0.4, 0.5) is 0 Å². The van der Waals surface area contributed by atoms with Crippen molar-refractivity contribution in [3.05, 3.63) is 35.4 Å². The van der Waals surface area contributed by atoms with E-state index in [9.17, 15) is 18.3 Å². The zero-order valence-corrected chi connectivity index (χ0v) is 10.8. The third-order valence-corrected chi connectivity index (χ3v) is 4.69. The van der Waals surface area contributed by atoms with Crippen molar-refractivity contribution >= 4 is 16.0 Å². The Labute approximate surface area is 110 Å². The highest BCUT2D eigenvalue weighted by molar-refractivity contribution is 7.89. The van der Waals surface area contributed by atoms with Gasteiger partial charge < -0.3 is 5.11 Å². The van der Waals surface area contributed by atoms with Crippen LogP contribution in [0.2, 0.25) is 0 Å². The fourth-order valence-electron chi connectivity index (χ4n) is 2.17. The maximum absolute atomic E-state index is 12.0. The van der Waals surface area contributed by atoms with E-state index in [-0.39, 0.29) is 13.0 Å². The van der Waals surface area contributed by atoms with Crippen molar-refractivity contribution in [2.45, 2.75) is 19.0 Å². The van der Waals surface area contributed by atoms with Gasteiger partial charge in [0.25, 0.3) is 0 Å². The summed E-state index contributed by atoms with van der Waals surface area (Å²) in [7, 11) is -3.88. The average molecular weight is 280 g/mol. The molecule has 1 N–H and O–H groups in total. The molecule has 0 spiro atoms. The van der Waals surface area contributed by atoms with Gasteiger partial charge in [-0.3, -0.25) is 4.79 Å². The van der Waals surface area contributed by atoms with E-state index in [1.54, 1.807) is 30.3 Å². The molecule has 1 atom stereocenters. The highest BCUT2D eigenvalue weighted by atomic mass is 32.2. The van der Waals surface area contributed by atoms with Gasteiger partial charge in [0.15, 0.2) is 5.75 Å². The Hall–Kier alpha value is -1.91. The summed E-state index contributed by atoms with van der Waals surface area (Å²) in [6.07, 6.45) is 0.121. The zero-order chi connectivity index (χ0) is 14.0. The minimum atomic E-state index is -3.88. The number of carboxylic acids is 1. The Morgan fingerprint density at radius 1 is 1.42 bits per heavy atom. The molecule has 1 heterocycles. The fourth-order valence-corrected chi connectivity index (χ4v) is 3.38. The molecule has 0 saturated heterocycles. The molecule has 7 heteroatoms. The summed E-state index contributed by atoms with van der Waals surface area (Å²) >= 11 is 0. The van der Waals surface area contributed by atoms with Gasteiger partial charge in [0.05, 0.1) is 6.07 Å². The van der Waals surface area contributed by atoms with E-state index in [0.29, 0.717) is 0 Å². The van der Waals surface area contributed by atoms with Crippen molar-refractivity contribution in [3.63, 3.8) is 0 Å². The SMILES string of the molecule is N#CCS(=O)(=O)N1Cc2ccccc2C[C@@H]1C(=O)O. The number of nitrogens with zero attached hydrogens (tertiary/aromatic N) is 2. The van der Waals surface area contributed by atoms with Crippen LogP contribution in [0.1, 0.15) is 11.1 Å². The molecule has 1 aliphatic heterocycles. The van der Waals surface area contributed by atoms with E-state index >= 15 is 0 Å². The second kappa shape index (κ2) is 4.99. The Kier molecular flexibility index (Phi) is 3.55. The third kappa shape index (κ3) is 2.59. The smallest absolute Gasteiger partial charge is 0.322 e. The Morgan fingerprint density at radius 2 is 2.05 bits per heavy atom. The number of hydrogen-bond acceptors (Lipinski definition) is 4. The molecule has 0 radical (unpaired) electrons. The summed E-state index contributed by atoms with van der Waals surface area (Å²) in [6, 6.07) is 7.54. The molecule has 0 aromatic heterocycles. The molecule has 2 rings (SSSR count). The first-order valence-corrected chi connectivity index (χ1v) is 7.22. The predicted octanol–water partition coefficient (Wildman–Crippen LogP) is 0.351. The number of carbonyl (C=O) groups is 1. The molecule has 0 amide bonds. The van der Waals surface area contributed by atoms with Gasteiger partial charge >= 0.3 is 5.97 Å². The van der Waals surface area contributed by atoms with Crippen LogP contribution in [0.15, 0.2) is 24.3 Å². The first-order valence-electron chi connectivity index (χ1n) is 5.62. The zero-order valence-electron chi connectivity index (χ0n) is 9.98. The average Bonchev–Trinajstić information content (AvgIpc) is 2.37. The van der Waals surface area contributed by atoms with Crippen LogP contribution < -0.4 is 0 Å². The van der Waals surface area contributed by atoms with E-state index in [1.165, 1.54) is 0 Å². The maximum Gasteiger partial charge on any atom is 0.322 e. The molecular formula is C12H12N2O4S. The standard InChI is InChI=1S/C12H12N2O4S/c13-5-6-19(17,18)14-8-10-4-2-1-3-9(10)7-11(14)12(15)16/h1-4,11H,6-8H2,(H,15,16)/t11-/m1/s1. The van der Waals surface area contributed by atoms with Crippen molar-refractivity contribution in [2.75, 3.05) is 5.75 Å². The number of hydrogen-bond donors (Lipinski definition) is 1. The minimum absolute atomic E-state index is 0.00282. The van der Waals surface area contributed by atoms with Crippen LogP contribution in [0, 0.1) is 11.3 Å². The lowest BCUT2D eigenvalue weighted by atomic mass is 9.96. The third-order valence-electron chi connectivity index (χ3n) is 3.09. The molecule has 6 nitrogen and oxygen atoms in total. The van der Waals surface area contributed by atoms with Gasteiger partial charge in [-0.15, -0.1) is 0 Å². The van der Waals surface area contributed by atoms with Crippen molar-refractivity contribution in [3.8, 4) is 6.07 Å². The van der Waals surface area contributed by atoms with E-state index in [1.807, 2.05) is 0 Å². The van der Waals surface area contributed by atoms with E-state index in [4.69, 9.17) is 5.26 Å². The summed E-state index contributed by atoms with van der Waals surface area (Å²) < 4.78 is 24.8. The highest BCUT2D eigenvalue weighted by Crippen LogP contribution is 2.26. The molecule has 0 aliphatic carbocycles. The van der Waals surface area contributed by atoms with Crippen molar-refractivity contribution in [2.24, 2.45) is 0 Å². The monoisotopic (exact) mass is 280 g/mol. The molecule has 0 unspecified atom stereocenters. The topological polar surface area (TPSA) is 98.5 Å². The summed E-state index contributed by atoms with van der Waals surface area (Å²) in [6.45, 7) is -0.00282. The van der Waals surface area contributed by atoms with Crippen LogP contribution >= 0.6 is 0 Å². The molecule has 19 heavy (non-hydrogen) atoms. The quantitative estimate of drug-likeness (QED) is 0.861. The van der Waals surface area contributed by atoms with Crippen LogP contribution in [-0.2, 0) is 27.8 Å². The molecule has 100 valence electrons. The first-order chi connectivity index (χ1) is 8.95. The van der Waals surface area contributed by atoms with Crippen LogP contribution in [0.25, 0.3) is 0 Å². The van der Waals surface area contributed by atoms with E-state index < -0.39 is 27.8 Å². The normalized spacial score (nSPS) is 19.4. The molecule has 1 aromatic carbocycles. The Balaban J connectivity index is 2.43. The number of fused-ring (bicyclic) bond motifs is 1. The highest BCUT2D eigenvalue weighted by Gasteiger charge is 2.38. The molecular weight excluding hydrogens is 268 g/mol. The molecule has 1 aromatic rings. The summed E-state index contributed by atoms with van der Waals surface area (Å²) in [4.78, 5) is 11.2. The first kappa shape index (κ1) is 13.5. The number of rotatable bonds is 3. The van der Waals surface area contributed by atoms with Gasteiger partial charge in [-0.25, -0.2) is 8.42 Å². The predicted molar refractivity (Wildman–Crippen MR) is 66.5 cm³/mol. The van der Waals surface area contributed by atoms with Gasteiger partial charge in [-0.1, -0.05) is 24.3 Å². The van der Waals surface area contributed by atoms with Gasteiger partial charge in [0.2, 0.25) is 10.0 Å². The lowest BCUT2D eigenvalue weighted by Crippen LogP contribution is -2.49. The number of sulfonamides is 1. The molecule has 0 bridgehead atoms. The summed E-state index contributed by atoms with van der Waals surface area (Å²) in [5, 5.41) is 17.7.